The lowest BCUT2D eigenvalue weighted by molar-refractivity contribution is 0.590. The molecule has 0 aliphatic carbocycles. The highest BCUT2D eigenvalue weighted by Crippen LogP contribution is 2.46. The molecule has 0 saturated carbocycles. The van der Waals surface area contributed by atoms with Crippen molar-refractivity contribution in [2.45, 2.75) is 52.4 Å². The standard InChI is InChI=1S/C52H40BN2S3/c1-51(2,3)28-15-18-30(19-16-28)54-40-24-37-31-11-7-9-13-42(31)56-45(37)26-35(40)33-20-21-34-36-27-46-38(32-12-8-10-14-43(32)57-46)25-41(36)55-48(34)47(33)53-50-49(55)39-23-29(52(4,5)6)17-22-44(39)58-50/h7-27,54H,1-6H3. The molecule has 4 aromatic heterocycles. The van der Waals surface area contributed by atoms with Crippen LogP contribution in [0.25, 0.3) is 89.1 Å². The predicted octanol–water partition coefficient (Wildman–Crippen LogP) is 14.7. The Hall–Kier alpha value is -5.40. The molecule has 7 aromatic carbocycles. The van der Waals surface area contributed by atoms with Gasteiger partial charge in [-0.05, 0) is 98.4 Å². The summed E-state index contributed by atoms with van der Waals surface area (Å²) in [6, 6.07) is 48.5. The van der Waals surface area contributed by atoms with Crippen LogP contribution >= 0.6 is 34.0 Å². The van der Waals surface area contributed by atoms with Crippen LogP contribution < -0.4 is 15.6 Å². The van der Waals surface area contributed by atoms with E-state index in [1.807, 2.05) is 34.0 Å². The number of benzene rings is 7. The van der Waals surface area contributed by atoms with Crippen LogP contribution in [0.3, 0.4) is 0 Å². The lowest BCUT2D eigenvalue weighted by atomic mass is 9.63. The molecule has 0 fully saturated rings. The highest BCUT2D eigenvalue weighted by molar-refractivity contribution is 7.29. The van der Waals surface area contributed by atoms with Crippen LogP contribution in [0.15, 0.2) is 127 Å². The first-order valence-corrected chi connectivity index (χ1v) is 22.6. The van der Waals surface area contributed by atoms with E-state index in [-0.39, 0.29) is 10.8 Å². The normalized spacial score (nSPS) is 13.1. The number of nitrogens with zero attached hydrogens (tertiary/aromatic N) is 1. The monoisotopic (exact) mass is 799 g/mol. The summed E-state index contributed by atoms with van der Waals surface area (Å²) in [5.41, 5.74) is 12.7. The number of aromatic nitrogens is 1. The van der Waals surface area contributed by atoms with E-state index in [9.17, 15) is 0 Å². The van der Waals surface area contributed by atoms with Crippen molar-refractivity contribution in [1.29, 1.82) is 0 Å². The maximum atomic E-state index is 3.94. The molecule has 0 atom stereocenters. The molecular weight excluding hydrogens is 760 g/mol. The maximum absolute atomic E-state index is 3.94. The Labute approximate surface area is 350 Å². The SMILES string of the molecule is CC(C)(C)c1ccc(Nc2cc3c(cc2-c2ccc4c5cc6sc7ccccc7c6cc5n5c4c2[B]c2sc4ccc(C(C)(C)C)cc4c2-5)sc2ccccc23)cc1. The molecule has 1 aliphatic rings. The average Bonchev–Trinajstić information content (AvgIpc) is 3.95. The van der Waals surface area contributed by atoms with Crippen LogP contribution in [0.2, 0.25) is 0 Å². The van der Waals surface area contributed by atoms with Crippen molar-refractivity contribution < 1.29 is 0 Å². The van der Waals surface area contributed by atoms with Crippen molar-refractivity contribution >= 4 is 135 Å². The van der Waals surface area contributed by atoms with Gasteiger partial charge in [0, 0.05) is 83.7 Å². The molecule has 0 unspecified atom stereocenters. The Bertz CT molecular complexity index is 3530. The number of rotatable bonds is 3. The van der Waals surface area contributed by atoms with Crippen LogP contribution in [0.5, 0.6) is 0 Å². The van der Waals surface area contributed by atoms with E-state index in [1.165, 1.54) is 110 Å². The van der Waals surface area contributed by atoms with Gasteiger partial charge >= 0.3 is 0 Å². The summed E-state index contributed by atoms with van der Waals surface area (Å²) in [5.74, 6) is 0. The van der Waals surface area contributed by atoms with Gasteiger partial charge < -0.3 is 9.88 Å². The van der Waals surface area contributed by atoms with Gasteiger partial charge in [0.2, 0.25) is 7.28 Å². The van der Waals surface area contributed by atoms with Crippen LogP contribution in [0.4, 0.5) is 11.4 Å². The molecule has 1 aliphatic heterocycles. The zero-order valence-corrected chi connectivity index (χ0v) is 35.8. The zero-order chi connectivity index (χ0) is 39.2. The van der Waals surface area contributed by atoms with Gasteiger partial charge in [-0.15, -0.1) is 34.0 Å². The molecule has 0 bridgehead atoms. The second kappa shape index (κ2) is 12.1. The number of hydrogen-bond acceptors (Lipinski definition) is 4. The molecule has 6 heteroatoms. The van der Waals surface area contributed by atoms with Crippen LogP contribution in [-0.4, -0.2) is 11.8 Å². The highest BCUT2D eigenvalue weighted by atomic mass is 32.1. The lowest BCUT2D eigenvalue weighted by Gasteiger charge is -2.23. The molecule has 1 N–H and O–H groups in total. The van der Waals surface area contributed by atoms with Gasteiger partial charge in [-0.25, -0.2) is 0 Å². The third-order valence-electron chi connectivity index (χ3n) is 12.4. The number of fused-ring (bicyclic) bond motifs is 13. The van der Waals surface area contributed by atoms with Gasteiger partial charge in [-0.3, -0.25) is 0 Å². The predicted molar refractivity (Wildman–Crippen MR) is 260 cm³/mol. The lowest BCUT2D eigenvalue weighted by Crippen LogP contribution is -2.35. The quantitative estimate of drug-likeness (QED) is 0.176. The first kappa shape index (κ1) is 34.6. The van der Waals surface area contributed by atoms with Gasteiger partial charge in [0.15, 0.2) is 0 Å². The summed E-state index contributed by atoms with van der Waals surface area (Å²) in [5, 5.41) is 13.2. The molecule has 1 radical (unpaired) electrons. The topological polar surface area (TPSA) is 17.0 Å². The third-order valence-corrected chi connectivity index (χ3v) is 15.7. The Morgan fingerprint density at radius 1 is 0.483 bits per heavy atom. The fourth-order valence-corrected chi connectivity index (χ4v) is 12.7. The molecule has 11 aromatic rings. The molecule has 5 heterocycles. The summed E-state index contributed by atoms with van der Waals surface area (Å²) in [6.07, 6.45) is 0. The van der Waals surface area contributed by atoms with Gasteiger partial charge in [-0.1, -0.05) is 108 Å². The number of nitrogens with one attached hydrogen (secondary N) is 1. The largest absolute Gasteiger partial charge is 0.355 e. The smallest absolute Gasteiger partial charge is 0.211 e. The van der Waals surface area contributed by atoms with Gasteiger partial charge in [0.25, 0.3) is 0 Å². The van der Waals surface area contributed by atoms with Crippen LogP contribution in [-0.2, 0) is 10.8 Å². The Morgan fingerprint density at radius 3 is 1.83 bits per heavy atom. The summed E-state index contributed by atoms with van der Waals surface area (Å²) in [6.45, 7) is 13.8. The van der Waals surface area contributed by atoms with Gasteiger partial charge in [-0.2, -0.15) is 0 Å². The van der Waals surface area contributed by atoms with Crippen molar-refractivity contribution in [3.8, 4) is 16.8 Å². The van der Waals surface area contributed by atoms with E-state index < -0.39 is 0 Å². The fraction of sp³-hybridized carbons (Fsp3) is 0.154. The van der Waals surface area contributed by atoms with Gasteiger partial charge in [0.1, 0.15) is 0 Å². The van der Waals surface area contributed by atoms with Crippen molar-refractivity contribution in [2.24, 2.45) is 0 Å². The molecule has 12 rings (SSSR count). The maximum Gasteiger partial charge on any atom is 0.211 e. The van der Waals surface area contributed by atoms with Crippen LogP contribution in [0.1, 0.15) is 52.7 Å². The second-order valence-corrected chi connectivity index (χ2v) is 21.3. The Kier molecular flexibility index (Phi) is 7.21. The number of hydrogen-bond donors (Lipinski definition) is 1. The van der Waals surface area contributed by atoms with E-state index in [1.54, 1.807) is 0 Å². The van der Waals surface area contributed by atoms with Gasteiger partial charge in [0.05, 0.1) is 11.2 Å². The minimum atomic E-state index is 0.0456. The molecular formula is C52H40BN2S3. The van der Waals surface area contributed by atoms with E-state index in [0.29, 0.717) is 0 Å². The molecule has 58 heavy (non-hydrogen) atoms. The Balaban J connectivity index is 1.16. The summed E-state index contributed by atoms with van der Waals surface area (Å²) < 4.78 is 10.6. The summed E-state index contributed by atoms with van der Waals surface area (Å²) >= 11 is 5.71. The second-order valence-electron chi connectivity index (χ2n) is 18.1. The first-order chi connectivity index (χ1) is 28.0. The first-order valence-electron chi connectivity index (χ1n) is 20.2. The minimum absolute atomic E-state index is 0.0456. The van der Waals surface area contributed by atoms with Crippen molar-refractivity contribution in [2.75, 3.05) is 5.32 Å². The molecule has 2 nitrogen and oxygen atoms in total. The molecule has 279 valence electrons. The minimum Gasteiger partial charge on any atom is -0.355 e. The molecule has 0 saturated heterocycles. The van der Waals surface area contributed by atoms with Crippen LogP contribution in [0, 0.1) is 0 Å². The number of anilines is 2. The van der Waals surface area contributed by atoms with Crippen molar-refractivity contribution in [3.05, 3.63) is 139 Å². The molecule has 0 spiro atoms. The average molecular weight is 800 g/mol. The Morgan fingerprint density at radius 2 is 1.12 bits per heavy atom. The fourth-order valence-electron chi connectivity index (χ4n) is 9.30. The van der Waals surface area contributed by atoms with E-state index in [2.05, 4.69) is 186 Å². The van der Waals surface area contributed by atoms with E-state index in [0.717, 1.165) is 11.4 Å². The number of thiophene rings is 3. The zero-order valence-electron chi connectivity index (χ0n) is 33.4. The third kappa shape index (κ3) is 5.08. The molecule has 0 amide bonds. The van der Waals surface area contributed by atoms with E-state index >= 15 is 0 Å². The summed E-state index contributed by atoms with van der Waals surface area (Å²) in [4.78, 5) is 0. The van der Waals surface area contributed by atoms with Crippen molar-refractivity contribution in [1.82, 2.24) is 4.57 Å². The summed E-state index contributed by atoms with van der Waals surface area (Å²) in [7, 11) is 2.50. The highest BCUT2D eigenvalue weighted by Gasteiger charge is 2.31. The van der Waals surface area contributed by atoms with Crippen molar-refractivity contribution in [3.63, 3.8) is 0 Å². The van der Waals surface area contributed by atoms with E-state index in [4.69, 9.17) is 0 Å².